The quantitative estimate of drug-likeness (QED) is 0.421. The van der Waals surface area contributed by atoms with Gasteiger partial charge in [-0.1, -0.05) is 0 Å². The van der Waals surface area contributed by atoms with Crippen LogP contribution in [0.25, 0.3) is 0 Å². The van der Waals surface area contributed by atoms with E-state index in [4.69, 9.17) is 14.2 Å². The molecule has 2 aliphatic rings. The SMILES string of the molecule is COCC1=CC2OC2(C=O)O1. The highest BCUT2D eigenvalue weighted by Crippen LogP contribution is 2.44. The highest BCUT2D eigenvalue weighted by atomic mass is 16.8. The molecule has 0 aromatic heterocycles. The molecule has 0 radical (unpaired) electrons. The molecule has 4 heteroatoms. The second-order valence-corrected chi connectivity index (χ2v) is 2.55. The van der Waals surface area contributed by atoms with Gasteiger partial charge in [0.25, 0.3) is 5.79 Å². The molecule has 2 atom stereocenters. The van der Waals surface area contributed by atoms with E-state index in [1.54, 1.807) is 13.2 Å². The first kappa shape index (κ1) is 6.82. The largest absolute Gasteiger partial charge is 0.454 e. The standard InChI is InChI=1S/C7H8O4/c1-9-3-5-2-6-7(4-8,10-5)11-6/h2,4,6H,3H2,1H3. The highest BCUT2D eigenvalue weighted by molar-refractivity contribution is 5.68. The van der Waals surface area contributed by atoms with Crippen molar-refractivity contribution < 1.29 is 19.0 Å². The molecule has 2 heterocycles. The second-order valence-electron chi connectivity index (χ2n) is 2.55. The Morgan fingerprint density at radius 1 is 1.91 bits per heavy atom. The number of methoxy groups -OCH3 is 1. The van der Waals surface area contributed by atoms with E-state index in [2.05, 4.69) is 0 Å². The van der Waals surface area contributed by atoms with Crippen LogP contribution in [0.3, 0.4) is 0 Å². The van der Waals surface area contributed by atoms with Gasteiger partial charge in [0.2, 0.25) is 0 Å². The lowest BCUT2D eigenvalue weighted by Gasteiger charge is -2.06. The number of carbonyl (C=O) groups is 1. The Kier molecular flexibility index (Phi) is 1.27. The molecule has 0 aromatic carbocycles. The topological polar surface area (TPSA) is 48.1 Å². The first-order valence-corrected chi connectivity index (χ1v) is 3.33. The maximum atomic E-state index is 10.4. The number of hydrogen-bond acceptors (Lipinski definition) is 4. The van der Waals surface area contributed by atoms with Crippen molar-refractivity contribution in [2.45, 2.75) is 11.9 Å². The van der Waals surface area contributed by atoms with E-state index in [-0.39, 0.29) is 6.10 Å². The minimum atomic E-state index is -0.978. The monoisotopic (exact) mass is 156 g/mol. The van der Waals surface area contributed by atoms with Crippen molar-refractivity contribution in [3.63, 3.8) is 0 Å². The Balaban J connectivity index is 2.01. The van der Waals surface area contributed by atoms with Crippen LogP contribution < -0.4 is 0 Å². The Hall–Kier alpha value is -0.870. The van der Waals surface area contributed by atoms with E-state index < -0.39 is 5.79 Å². The summed E-state index contributed by atoms with van der Waals surface area (Å²) in [5, 5.41) is 0. The lowest BCUT2D eigenvalue weighted by atomic mass is 10.3. The summed E-state index contributed by atoms with van der Waals surface area (Å²) in [6, 6.07) is 0. The molecule has 0 spiro atoms. The van der Waals surface area contributed by atoms with Gasteiger partial charge in [0.15, 0.2) is 12.4 Å². The number of carbonyl (C=O) groups excluding carboxylic acids is 1. The van der Waals surface area contributed by atoms with Gasteiger partial charge in [-0.3, -0.25) is 4.79 Å². The fourth-order valence-electron chi connectivity index (χ4n) is 1.14. The number of hydrogen-bond donors (Lipinski definition) is 0. The molecule has 1 saturated heterocycles. The van der Waals surface area contributed by atoms with Gasteiger partial charge in [0.1, 0.15) is 12.4 Å². The van der Waals surface area contributed by atoms with Crippen LogP contribution in [0.5, 0.6) is 0 Å². The van der Waals surface area contributed by atoms with E-state index in [9.17, 15) is 4.79 Å². The molecule has 2 unspecified atom stereocenters. The first-order valence-electron chi connectivity index (χ1n) is 3.33. The fraction of sp³-hybridized carbons (Fsp3) is 0.571. The molecule has 0 bridgehead atoms. The van der Waals surface area contributed by atoms with Crippen LogP contribution in [0.2, 0.25) is 0 Å². The van der Waals surface area contributed by atoms with Crippen LogP contribution in [0, 0.1) is 0 Å². The smallest absolute Gasteiger partial charge is 0.298 e. The summed E-state index contributed by atoms with van der Waals surface area (Å²) >= 11 is 0. The third-order valence-corrected chi connectivity index (χ3v) is 1.73. The van der Waals surface area contributed by atoms with E-state index in [1.165, 1.54) is 0 Å². The van der Waals surface area contributed by atoms with Crippen LogP contribution in [-0.4, -0.2) is 31.9 Å². The van der Waals surface area contributed by atoms with Crippen molar-refractivity contribution in [2.75, 3.05) is 13.7 Å². The molecular weight excluding hydrogens is 148 g/mol. The Labute approximate surface area is 63.7 Å². The van der Waals surface area contributed by atoms with Crippen molar-refractivity contribution in [1.82, 2.24) is 0 Å². The number of ether oxygens (including phenoxy) is 3. The Morgan fingerprint density at radius 2 is 2.73 bits per heavy atom. The second kappa shape index (κ2) is 2.06. The van der Waals surface area contributed by atoms with Crippen molar-refractivity contribution >= 4 is 6.29 Å². The molecule has 0 amide bonds. The summed E-state index contributed by atoms with van der Waals surface area (Å²) in [6.45, 7) is 0.398. The van der Waals surface area contributed by atoms with Crippen molar-refractivity contribution in [2.24, 2.45) is 0 Å². The molecule has 11 heavy (non-hydrogen) atoms. The summed E-state index contributed by atoms with van der Waals surface area (Å²) in [4.78, 5) is 10.4. The van der Waals surface area contributed by atoms with Gasteiger partial charge in [-0.05, 0) is 6.08 Å². The molecule has 1 fully saturated rings. The van der Waals surface area contributed by atoms with Gasteiger partial charge < -0.3 is 14.2 Å². The predicted molar refractivity (Wildman–Crippen MR) is 34.7 cm³/mol. The summed E-state index contributed by atoms with van der Waals surface area (Å²) < 4.78 is 14.9. The van der Waals surface area contributed by atoms with E-state index in [1.807, 2.05) is 0 Å². The van der Waals surface area contributed by atoms with Crippen molar-refractivity contribution in [3.05, 3.63) is 11.8 Å². The van der Waals surface area contributed by atoms with Crippen LogP contribution in [0.1, 0.15) is 0 Å². The van der Waals surface area contributed by atoms with Gasteiger partial charge in [0, 0.05) is 7.11 Å². The minimum Gasteiger partial charge on any atom is -0.454 e. The average molecular weight is 156 g/mol. The third kappa shape index (κ3) is 0.868. The zero-order valence-electron chi connectivity index (χ0n) is 6.07. The molecule has 2 aliphatic heterocycles. The van der Waals surface area contributed by atoms with Crippen LogP contribution >= 0.6 is 0 Å². The number of rotatable bonds is 3. The zero-order valence-corrected chi connectivity index (χ0v) is 6.07. The summed E-state index contributed by atoms with van der Waals surface area (Å²) in [6.07, 6.45) is 2.26. The molecule has 0 N–H and O–H groups in total. The van der Waals surface area contributed by atoms with Gasteiger partial charge in [-0.15, -0.1) is 0 Å². The number of fused-ring (bicyclic) bond motifs is 1. The lowest BCUT2D eigenvalue weighted by Crippen LogP contribution is -2.16. The molecular formula is C7H8O4. The molecule has 2 rings (SSSR count). The Morgan fingerprint density at radius 3 is 3.27 bits per heavy atom. The lowest BCUT2D eigenvalue weighted by molar-refractivity contribution is -0.125. The molecule has 60 valence electrons. The normalized spacial score (nSPS) is 39.0. The Bertz CT molecular complexity index is 222. The maximum absolute atomic E-state index is 10.4. The van der Waals surface area contributed by atoms with Crippen LogP contribution in [-0.2, 0) is 19.0 Å². The molecule has 0 aliphatic carbocycles. The fourth-order valence-corrected chi connectivity index (χ4v) is 1.14. The summed E-state index contributed by atoms with van der Waals surface area (Å²) in [5.41, 5.74) is 0. The predicted octanol–water partition coefficient (Wildman–Crippen LogP) is -0.159. The summed E-state index contributed by atoms with van der Waals surface area (Å²) in [5.74, 6) is -0.302. The number of aldehydes is 1. The van der Waals surface area contributed by atoms with Crippen molar-refractivity contribution in [1.29, 1.82) is 0 Å². The van der Waals surface area contributed by atoms with E-state index in [0.717, 1.165) is 0 Å². The van der Waals surface area contributed by atoms with Gasteiger partial charge >= 0.3 is 0 Å². The minimum absolute atomic E-state index is 0.176. The maximum Gasteiger partial charge on any atom is 0.298 e. The van der Waals surface area contributed by atoms with Crippen LogP contribution in [0.15, 0.2) is 11.8 Å². The van der Waals surface area contributed by atoms with Crippen LogP contribution in [0.4, 0.5) is 0 Å². The van der Waals surface area contributed by atoms with Gasteiger partial charge in [0.05, 0.1) is 0 Å². The first-order chi connectivity index (χ1) is 5.30. The van der Waals surface area contributed by atoms with Crippen molar-refractivity contribution in [3.8, 4) is 0 Å². The van der Waals surface area contributed by atoms with Gasteiger partial charge in [-0.2, -0.15) is 0 Å². The average Bonchev–Trinajstić information content (AvgIpc) is 2.57. The van der Waals surface area contributed by atoms with Gasteiger partial charge in [-0.25, -0.2) is 0 Å². The third-order valence-electron chi connectivity index (χ3n) is 1.73. The highest BCUT2D eigenvalue weighted by Gasteiger charge is 2.63. The molecule has 0 aromatic rings. The van der Waals surface area contributed by atoms with E-state index >= 15 is 0 Å². The summed E-state index contributed by atoms with van der Waals surface area (Å²) in [7, 11) is 1.57. The molecule has 0 saturated carbocycles. The van der Waals surface area contributed by atoms with E-state index in [0.29, 0.717) is 18.7 Å². The number of epoxide rings is 1. The zero-order chi connectivity index (χ0) is 7.90. The molecule has 4 nitrogen and oxygen atoms in total.